The fraction of sp³-hybridized carbons (Fsp3) is 0.706. The minimum absolute atomic E-state index is 0.106. The summed E-state index contributed by atoms with van der Waals surface area (Å²) in [5, 5.41) is 0. The molecular weight excluding hydrogens is 648 g/mol. The van der Waals surface area contributed by atoms with Crippen molar-refractivity contribution < 1.29 is 71.4 Å². The van der Waals surface area contributed by atoms with Gasteiger partial charge in [0.25, 0.3) is 0 Å². The van der Waals surface area contributed by atoms with Gasteiger partial charge in [-0.05, 0) is 39.5 Å². The third-order valence-corrected chi connectivity index (χ3v) is 7.94. The Labute approximate surface area is 286 Å². The van der Waals surface area contributed by atoms with Crippen LogP contribution in [0.15, 0.2) is 25.3 Å². The van der Waals surface area contributed by atoms with Crippen molar-refractivity contribution in [2.75, 3.05) is 52.9 Å². The zero-order valence-electron chi connectivity index (χ0n) is 28.5. The van der Waals surface area contributed by atoms with Crippen molar-refractivity contribution in [2.45, 2.75) is 77.8 Å². The molecule has 0 N–H and O–H groups in total. The first-order valence-electron chi connectivity index (χ1n) is 16.7. The number of rotatable bonds is 22. The molecular formula is C34H50O15. The molecule has 0 saturated heterocycles. The molecule has 2 fully saturated rings. The number of hydrogen-bond acceptors (Lipinski definition) is 15. The first-order chi connectivity index (χ1) is 23.6. The molecule has 2 saturated carbocycles. The van der Waals surface area contributed by atoms with Crippen LogP contribution < -0.4 is 0 Å². The molecule has 0 aliphatic heterocycles. The fourth-order valence-corrected chi connectivity index (χ4v) is 5.51. The van der Waals surface area contributed by atoms with Gasteiger partial charge in [0, 0.05) is 12.2 Å². The van der Waals surface area contributed by atoms with Gasteiger partial charge in [-0.25, -0.2) is 9.59 Å². The summed E-state index contributed by atoms with van der Waals surface area (Å²) in [5.41, 5.74) is 0. The van der Waals surface area contributed by atoms with Crippen LogP contribution >= 0.6 is 0 Å². The van der Waals surface area contributed by atoms with Gasteiger partial charge in [0.15, 0.2) is 12.6 Å². The molecule has 0 aromatic carbocycles. The number of ether oxygens (including phenoxy) is 9. The Kier molecular flexibility index (Phi) is 19.8. The minimum Gasteiger partial charge on any atom is -0.462 e. The van der Waals surface area contributed by atoms with E-state index in [0.717, 1.165) is 37.8 Å². The lowest BCUT2D eigenvalue weighted by atomic mass is 9.79. The highest BCUT2D eigenvalue weighted by molar-refractivity contribution is 5.83. The smallest absolute Gasteiger partial charge is 0.330 e. The van der Waals surface area contributed by atoms with Crippen LogP contribution in [0.5, 0.6) is 0 Å². The second-order valence-corrected chi connectivity index (χ2v) is 11.4. The summed E-state index contributed by atoms with van der Waals surface area (Å²) in [4.78, 5) is 73.0. The predicted octanol–water partition coefficient (Wildman–Crippen LogP) is 2.97. The Morgan fingerprint density at radius 1 is 0.510 bits per heavy atom. The topological polar surface area (TPSA) is 185 Å². The van der Waals surface area contributed by atoms with E-state index in [4.69, 9.17) is 42.6 Å². The molecule has 0 amide bonds. The lowest BCUT2D eigenvalue weighted by molar-refractivity contribution is -0.190. The summed E-state index contributed by atoms with van der Waals surface area (Å²) in [6.45, 7) is 9.85. The normalized spacial score (nSPS) is 21.6. The van der Waals surface area contributed by atoms with Gasteiger partial charge in [-0.1, -0.05) is 38.8 Å². The van der Waals surface area contributed by atoms with E-state index in [9.17, 15) is 28.8 Å². The van der Waals surface area contributed by atoms with Crippen LogP contribution in [-0.4, -0.2) is 101 Å². The quantitative estimate of drug-likeness (QED) is 0.0528. The van der Waals surface area contributed by atoms with Crippen LogP contribution in [0.2, 0.25) is 0 Å². The zero-order valence-corrected chi connectivity index (χ0v) is 28.5. The highest BCUT2D eigenvalue weighted by atomic mass is 16.7. The van der Waals surface area contributed by atoms with E-state index in [1.54, 1.807) is 13.8 Å². The Hall–Kier alpha value is -3.82. The van der Waals surface area contributed by atoms with Gasteiger partial charge < -0.3 is 42.6 Å². The predicted molar refractivity (Wildman–Crippen MR) is 169 cm³/mol. The molecule has 0 heterocycles. The molecule has 49 heavy (non-hydrogen) atoms. The summed E-state index contributed by atoms with van der Waals surface area (Å²) >= 11 is 0. The van der Waals surface area contributed by atoms with Gasteiger partial charge in [0.1, 0.15) is 26.4 Å². The molecule has 6 atom stereocenters. The molecule has 0 bridgehead atoms. The lowest BCUT2D eigenvalue weighted by Crippen LogP contribution is -2.37. The maximum atomic E-state index is 12.8. The van der Waals surface area contributed by atoms with E-state index in [0.29, 0.717) is 25.7 Å². The standard InChI is InChI=1S/C34H50O15/c1-5-29(35)44-19-21-46-31(37)25-11-7-9-13-27(25)33(39)48-23(3)42-17-15-41-16-18-43-24(4)49-34(40)28-14-10-8-12-26(28)32(38)47-22-20-45-30(36)6-2/h5-6,23-28H,1-2,7-22H2,3-4H3. The molecule has 2 aliphatic rings. The molecule has 0 aromatic heterocycles. The summed E-state index contributed by atoms with van der Waals surface area (Å²) in [7, 11) is 0. The third-order valence-electron chi connectivity index (χ3n) is 7.94. The monoisotopic (exact) mass is 698 g/mol. The average Bonchev–Trinajstić information content (AvgIpc) is 3.10. The van der Waals surface area contributed by atoms with Gasteiger partial charge in [0.2, 0.25) is 0 Å². The highest BCUT2D eigenvalue weighted by Gasteiger charge is 2.39. The molecule has 2 aliphatic carbocycles. The summed E-state index contributed by atoms with van der Waals surface area (Å²) in [6.07, 6.45) is 5.32. The maximum absolute atomic E-state index is 12.8. The second-order valence-electron chi connectivity index (χ2n) is 11.4. The minimum atomic E-state index is -0.876. The van der Waals surface area contributed by atoms with E-state index in [-0.39, 0.29) is 52.9 Å². The number of carbonyl (C=O) groups excluding carboxylic acids is 6. The summed E-state index contributed by atoms with van der Waals surface area (Å²) < 4.78 is 47.4. The molecule has 0 radical (unpaired) electrons. The number of carbonyl (C=O) groups is 6. The maximum Gasteiger partial charge on any atom is 0.330 e. The number of esters is 6. The Morgan fingerprint density at radius 2 is 0.837 bits per heavy atom. The van der Waals surface area contributed by atoms with E-state index < -0.39 is 72.1 Å². The molecule has 15 nitrogen and oxygen atoms in total. The van der Waals surface area contributed by atoms with E-state index in [1.165, 1.54) is 0 Å². The molecule has 0 aromatic rings. The van der Waals surface area contributed by atoms with Crippen LogP contribution in [0.25, 0.3) is 0 Å². The summed E-state index contributed by atoms with van der Waals surface area (Å²) in [5.74, 6) is -6.03. The van der Waals surface area contributed by atoms with Crippen LogP contribution in [-0.2, 0) is 71.4 Å². The zero-order chi connectivity index (χ0) is 36.0. The second kappa shape index (κ2) is 23.5. The summed E-state index contributed by atoms with van der Waals surface area (Å²) in [6, 6.07) is 0. The number of hydrogen-bond donors (Lipinski definition) is 0. The first kappa shape index (κ1) is 41.4. The van der Waals surface area contributed by atoms with Gasteiger partial charge in [-0.3, -0.25) is 19.2 Å². The first-order valence-corrected chi connectivity index (χ1v) is 16.7. The van der Waals surface area contributed by atoms with Crippen molar-refractivity contribution in [3.8, 4) is 0 Å². The van der Waals surface area contributed by atoms with Crippen molar-refractivity contribution in [3.05, 3.63) is 25.3 Å². The Balaban J connectivity index is 1.61. The van der Waals surface area contributed by atoms with E-state index in [1.807, 2.05) is 0 Å². The largest absolute Gasteiger partial charge is 0.462 e. The van der Waals surface area contributed by atoms with Gasteiger partial charge >= 0.3 is 35.8 Å². The molecule has 15 heteroatoms. The molecule has 6 unspecified atom stereocenters. The van der Waals surface area contributed by atoms with Crippen molar-refractivity contribution >= 4 is 35.8 Å². The highest BCUT2D eigenvalue weighted by Crippen LogP contribution is 2.33. The Morgan fingerprint density at radius 3 is 1.18 bits per heavy atom. The molecule has 0 spiro atoms. The van der Waals surface area contributed by atoms with Crippen molar-refractivity contribution in [2.24, 2.45) is 23.7 Å². The van der Waals surface area contributed by atoms with E-state index in [2.05, 4.69) is 13.2 Å². The van der Waals surface area contributed by atoms with Crippen molar-refractivity contribution in [1.29, 1.82) is 0 Å². The van der Waals surface area contributed by atoms with Crippen molar-refractivity contribution in [1.82, 2.24) is 0 Å². The third kappa shape index (κ3) is 16.0. The molecule has 276 valence electrons. The van der Waals surface area contributed by atoms with Gasteiger partial charge in [0.05, 0.1) is 50.1 Å². The van der Waals surface area contributed by atoms with E-state index >= 15 is 0 Å². The van der Waals surface area contributed by atoms with Crippen LogP contribution in [0, 0.1) is 23.7 Å². The van der Waals surface area contributed by atoms with Crippen LogP contribution in [0.1, 0.15) is 65.2 Å². The fourth-order valence-electron chi connectivity index (χ4n) is 5.51. The van der Waals surface area contributed by atoms with Crippen LogP contribution in [0.3, 0.4) is 0 Å². The van der Waals surface area contributed by atoms with Gasteiger partial charge in [-0.2, -0.15) is 0 Å². The SMILES string of the molecule is C=CC(=O)OCCOC(=O)C1CCCCC1C(=O)OC(C)OCCOCCOC(C)OC(=O)C1CCCCC1C(=O)OCCOC(=O)C=C. The van der Waals surface area contributed by atoms with Crippen molar-refractivity contribution in [3.63, 3.8) is 0 Å². The van der Waals surface area contributed by atoms with Crippen LogP contribution in [0.4, 0.5) is 0 Å². The molecule has 2 rings (SSSR count). The Bertz CT molecular complexity index is 1020. The average molecular weight is 699 g/mol. The lowest BCUT2D eigenvalue weighted by Gasteiger charge is -2.29. The van der Waals surface area contributed by atoms with Gasteiger partial charge in [-0.15, -0.1) is 0 Å².